The van der Waals surface area contributed by atoms with Gasteiger partial charge in [0.1, 0.15) is 0 Å². The van der Waals surface area contributed by atoms with E-state index in [9.17, 15) is 5.11 Å². The van der Waals surface area contributed by atoms with Crippen LogP contribution in [0, 0.1) is 11.8 Å². The molecule has 2 bridgehead atoms. The second kappa shape index (κ2) is 6.61. The van der Waals surface area contributed by atoms with Crippen LogP contribution >= 0.6 is 0 Å². The van der Waals surface area contributed by atoms with Crippen molar-refractivity contribution >= 4 is 0 Å². The molecule has 5 aliphatic rings. The van der Waals surface area contributed by atoms with Crippen LogP contribution in [0.5, 0.6) is 11.5 Å². The number of ether oxygens (including phenoxy) is 4. The van der Waals surface area contributed by atoms with Gasteiger partial charge in [0, 0.05) is 12.0 Å². The zero-order chi connectivity index (χ0) is 21.6. The molecule has 6 rings (SSSR count). The third-order valence-corrected chi connectivity index (χ3v) is 9.34. The number of hydrogen-bond donors (Lipinski definition) is 1. The summed E-state index contributed by atoms with van der Waals surface area (Å²) in [4.78, 5) is 0. The topological polar surface area (TPSA) is 57.2 Å². The molecule has 3 aliphatic carbocycles. The normalized spacial score (nSPS) is 47.5. The van der Waals surface area contributed by atoms with Gasteiger partial charge in [0.2, 0.25) is 5.79 Å². The standard InChI is InChI=1S/C26H36O5/c1-5-17-7-6-10-24-21-18-8-9-20(28-4)22(21)29-23(24)26(30-15(2)13-16(3)31-26)12-11-25(24,27)19(17)14-18/h8-9,15-17,19,23,27H,5-7,10-14H2,1-4H3. The summed E-state index contributed by atoms with van der Waals surface area (Å²) in [5.41, 5.74) is 1.20. The zero-order valence-electron chi connectivity index (χ0n) is 19.3. The summed E-state index contributed by atoms with van der Waals surface area (Å²) in [6.45, 7) is 6.55. The minimum absolute atomic E-state index is 0.105. The molecule has 2 saturated carbocycles. The van der Waals surface area contributed by atoms with E-state index in [4.69, 9.17) is 18.9 Å². The van der Waals surface area contributed by atoms with Crippen LogP contribution in [-0.2, 0) is 21.3 Å². The van der Waals surface area contributed by atoms with Crippen LogP contribution < -0.4 is 9.47 Å². The summed E-state index contributed by atoms with van der Waals surface area (Å²) in [6.07, 6.45) is 7.30. The Labute approximate surface area is 185 Å². The molecule has 0 aromatic heterocycles. The number of aliphatic hydroxyl groups is 1. The van der Waals surface area contributed by atoms with Crippen LogP contribution in [-0.4, -0.2) is 41.9 Å². The van der Waals surface area contributed by atoms with Crippen LogP contribution in [0.15, 0.2) is 12.1 Å². The Kier molecular flexibility index (Phi) is 4.34. The first-order valence-electron chi connectivity index (χ1n) is 12.3. The molecule has 1 N–H and O–H groups in total. The molecule has 170 valence electrons. The molecule has 5 heteroatoms. The summed E-state index contributed by atoms with van der Waals surface area (Å²) in [6, 6.07) is 4.25. The van der Waals surface area contributed by atoms with Gasteiger partial charge >= 0.3 is 0 Å². The molecule has 5 nitrogen and oxygen atoms in total. The van der Waals surface area contributed by atoms with Crippen LogP contribution in [0.2, 0.25) is 0 Å². The molecule has 2 heterocycles. The van der Waals surface area contributed by atoms with Crippen molar-refractivity contribution in [2.45, 2.75) is 107 Å². The lowest BCUT2D eigenvalue weighted by molar-refractivity contribution is -0.375. The molecule has 7 unspecified atom stereocenters. The summed E-state index contributed by atoms with van der Waals surface area (Å²) in [5, 5.41) is 12.7. The maximum absolute atomic E-state index is 12.7. The number of rotatable bonds is 2. The highest BCUT2D eigenvalue weighted by molar-refractivity contribution is 5.62. The Hall–Kier alpha value is -1.30. The molecule has 2 spiro atoms. The number of fused-ring (bicyclic) bond motifs is 1. The van der Waals surface area contributed by atoms with Crippen LogP contribution in [0.4, 0.5) is 0 Å². The second-order valence-electron chi connectivity index (χ2n) is 10.8. The fourth-order valence-corrected chi connectivity index (χ4v) is 8.32. The van der Waals surface area contributed by atoms with Crippen molar-refractivity contribution in [3.05, 3.63) is 23.3 Å². The number of methoxy groups -OCH3 is 1. The Bertz CT molecular complexity index is 888. The predicted molar refractivity (Wildman–Crippen MR) is 117 cm³/mol. The first-order valence-corrected chi connectivity index (χ1v) is 12.3. The second-order valence-corrected chi connectivity index (χ2v) is 10.8. The van der Waals surface area contributed by atoms with E-state index in [0.717, 1.165) is 43.6 Å². The quantitative estimate of drug-likeness (QED) is 0.751. The van der Waals surface area contributed by atoms with Crippen molar-refractivity contribution in [2.24, 2.45) is 11.8 Å². The monoisotopic (exact) mass is 428 g/mol. The molecule has 2 aliphatic heterocycles. The van der Waals surface area contributed by atoms with Crippen molar-refractivity contribution in [3.8, 4) is 11.5 Å². The molecule has 0 amide bonds. The summed E-state index contributed by atoms with van der Waals surface area (Å²) >= 11 is 0. The lowest BCUT2D eigenvalue weighted by atomic mass is 9.47. The number of hydrogen-bond acceptors (Lipinski definition) is 5. The van der Waals surface area contributed by atoms with Gasteiger partial charge in [-0.25, -0.2) is 0 Å². The van der Waals surface area contributed by atoms with Crippen LogP contribution in [0.3, 0.4) is 0 Å². The maximum atomic E-state index is 12.7. The largest absolute Gasteiger partial charge is 0.493 e. The molecule has 1 saturated heterocycles. The average Bonchev–Trinajstić information content (AvgIpc) is 3.08. The van der Waals surface area contributed by atoms with Crippen molar-refractivity contribution in [1.29, 1.82) is 0 Å². The van der Waals surface area contributed by atoms with Crippen LogP contribution in [0.1, 0.15) is 76.8 Å². The van der Waals surface area contributed by atoms with Crippen molar-refractivity contribution in [3.63, 3.8) is 0 Å². The van der Waals surface area contributed by atoms with E-state index >= 15 is 0 Å². The van der Waals surface area contributed by atoms with Crippen LogP contribution in [0.25, 0.3) is 0 Å². The van der Waals surface area contributed by atoms with Crippen molar-refractivity contribution in [2.75, 3.05) is 7.11 Å². The molecule has 7 atom stereocenters. The van der Waals surface area contributed by atoms with E-state index in [1.165, 1.54) is 17.5 Å². The minimum Gasteiger partial charge on any atom is -0.493 e. The van der Waals surface area contributed by atoms with Gasteiger partial charge in [-0.2, -0.15) is 0 Å². The molecular weight excluding hydrogens is 392 g/mol. The predicted octanol–water partition coefficient (Wildman–Crippen LogP) is 4.51. The minimum atomic E-state index is -0.821. The molecule has 1 aromatic rings. The Morgan fingerprint density at radius 2 is 1.90 bits per heavy atom. The van der Waals surface area contributed by atoms with Crippen molar-refractivity contribution in [1.82, 2.24) is 0 Å². The fraction of sp³-hybridized carbons (Fsp3) is 0.769. The Balaban J connectivity index is 1.61. The van der Waals surface area contributed by atoms with E-state index in [-0.39, 0.29) is 24.2 Å². The third-order valence-electron chi connectivity index (χ3n) is 9.34. The first-order chi connectivity index (χ1) is 14.9. The van der Waals surface area contributed by atoms with E-state index in [1.54, 1.807) is 7.11 Å². The first kappa shape index (κ1) is 20.3. The van der Waals surface area contributed by atoms with Gasteiger partial charge in [-0.05, 0) is 63.0 Å². The molecule has 1 aromatic carbocycles. The lowest BCUT2D eigenvalue weighted by Gasteiger charge is -2.62. The van der Waals surface area contributed by atoms with E-state index in [2.05, 4.69) is 26.8 Å². The number of benzene rings is 1. The summed E-state index contributed by atoms with van der Waals surface area (Å²) in [5.74, 6) is 1.53. The van der Waals surface area contributed by atoms with Gasteiger partial charge in [-0.1, -0.05) is 32.3 Å². The molecule has 0 radical (unpaired) electrons. The molecule has 31 heavy (non-hydrogen) atoms. The van der Waals surface area contributed by atoms with Gasteiger partial charge in [0.15, 0.2) is 17.6 Å². The molecule has 3 fully saturated rings. The van der Waals surface area contributed by atoms with Gasteiger partial charge in [0.25, 0.3) is 0 Å². The highest BCUT2D eigenvalue weighted by atomic mass is 16.7. The average molecular weight is 429 g/mol. The van der Waals surface area contributed by atoms with Crippen molar-refractivity contribution < 1.29 is 24.1 Å². The third kappa shape index (κ3) is 2.38. The van der Waals surface area contributed by atoms with Gasteiger partial charge in [-0.3, -0.25) is 0 Å². The Morgan fingerprint density at radius 1 is 1.13 bits per heavy atom. The molecular formula is C26H36O5. The van der Waals surface area contributed by atoms with Gasteiger partial charge in [0.05, 0.1) is 30.3 Å². The van der Waals surface area contributed by atoms with E-state index in [0.29, 0.717) is 18.8 Å². The highest BCUT2D eigenvalue weighted by Crippen LogP contribution is 2.70. The van der Waals surface area contributed by atoms with Gasteiger partial charge in [-0.15, -0.1) is 0 Å². The lowest BCUT2D eigenvalue weighted by Crippen LogP contribution is -2.75. The maximum Gasteiger partial charge on any atom is 0.207 e. The van der Waals surface area contributed by atoms with Gasteiger partial charge < -0.3 is 24.1 Å². The highest BCUT2D eigenvalue weighted by Gasteiger charge is 2.76. The van der Waals surface area contributed by atoms with E-state index in [1.807, 2.05) is 6.07 Å². The summed E-state index contributed by atoms with van der Waals surface area (Å²) < 4.78 is 25.9. The van der Waals surface area contributed by atoms with E-state index < -0.39 is 16.8 Å². The summed E-state index contributed by atoms with van der Waals surface area (Å²) in [7, 11) is 1.70. The fourth-order valence-electron chi connectivity index (χ4n) is 8.32. The SMILES string of the molecule is CCC1CCCC23c4c5ccc(OC)c4OC2C2(CCC3(O)C1C5)OC(C)CC(C)O2. The smallest absolute Gasteiger partial charge is 0.207 e. The Morgan fingerprint density at radius 3 is 2.61 bits per heavy atom. The zero-order valence-corrected chi connectivity index (χ0v) is 19.3.